The van der Waals surface area contributed by atoms with Crippen LogP contribution in [0.5, 0.6) is 0 Å². The summed E-state index contributed by atoms with van der Waals surface area (Å²) >= 11 is 0. The molecule has 0 saturated carbocycles. The standard InChI is InChI=1S/C7H9N5O/c8-10-7(5-4-9-12-11-5)6-2-1-3-13-6/h1-4,7,10H,8H2,(H,9,11,12). The number of nitrogens with zero attached hydrogens (tertiary/aromatic N) is 2. The maximum absolute atomic E-state index is 5.36. The van der Waals surface area contributed by atoms with Gasteiger partial charge in [0.15, 0.2) is 0 Å². The summed E-state index contributed by atoms with van der Waals surface area (Å²) in [6.07, 6.45) is 3.17. The van der Waals surface area contributed by atoms with Gasteiger partial charge in [-0.1, -0.05) is 0 Å². The second kappa shape index (κ2) is 3.38. The molecular formula is C7H9N5O. The number of H-pyrrole nitrogens is 1. The highest BCUT2D eigenvalue weighted by atomic mass is 16.3. The van der Waals surface area contributed by atoms with Crippen molar-refractivity contribution in [3.8, 4) is 0 Å². The first-order chi connectivity index (χ1) is 6.42. The van der Waals surface area contributed by atoms with Gasteiger partial charge in [0.2, 0.25) is 0 Å². The van der Waals surface area contributed by atoms with E-state index in [0.29, 0.717) is 11.5 Å². The lowest BCUT2D eigenvalue weighted by Gasteiger charge is -2.08. The molecule has 0 aliphatic carbocycles. The minimum absolute atomic E-state index is 0.256. The van der Waals surface area contributed by atoms with Crippen molar-refractivity contribution in [1.82, 2.24) is 20.8 Å². The molecule has 0 spiro atoms. The van der Waals surface area contributed by atoms with Gasteiger partial charge in [0.25, 0.3) is 0 Å². The zero-order valence-corrected chi connectivity index (χ0v) is 6.77. The Labute approximate surface area is 74.1 Å². The summed E-state index contributed by atoms with van der Waals surface area (Å²) in [5, 5.41) is 10.1. The number of furan rings is 1. The van der Waals surface area contributed by atoms with Gasteiger partial charge < -0.3 is 4.42 Å². The molecule has 0 bridgehead atoms. The van der Waals surface area contributed by atoms with E-state index >= 15 is 0 Å². The Hall–Kier alpha value is -1.66. The van der Waals surface area contributed by atoms with E-state index < -0.39 is 0 Å². The molecule has 6 heteroatoms. The molecule has 0 fully saturated rings. The first-order valence-electron chi connectivity index (χ1n) is 3.77. The lowest BCUT2D eigenvalue weighted by atomic mass is 10.2. The largest absolute Gasteiger partial charge is 0.467 e. The van der Waals surface area contributed by atoms with Crippen LogP contribution in [0.3, 0.4) is 0 Å². The molecule has 4 N–H and O–H groups in total. The first kappa shape index (κ1) is 7.96. The fraction of sp³-hybridized carbons (Fsp3) is 0.143. The van der Waals surface area contributed by atoms with E-state index in [1.165, 1.54) is 0 Å². The molecule has 13 heavy (non-hydrogen) atoms. The van der Waals surface area contributed by atoms with Crippen LogP contribution in [0.2, 0.25) is 0 Å². The summed E-state index contributed by atoms with van der Waals surface area (Å²) in [6.45, 7) is 0. The van der Waals surface area contributed by atoms with Crippen molar-refractivity contribution in [1.29, 1.82) is 0 Å². The highest BCUT2D eigenvalue weighted by Gasteiger charge is 2.17. The van der Waals surface area contributed by atoms with Crippen molar-refractivity contribution in [3.05, 3.63) is 36.0 Å². The minimum Gasteiger partial charge on any atom is -0.467 e. The number of aromatic nitrogens is 3. The van der Waals surface area contributed by atoms with E-state index in [4.69, 9.17) is 10.3 Å². The van der Waals surface area contributed by atoms with Crippen LogP contribution < -0.4 is 11.3 Å². The monoisotopic (exact) mass is 179 g/mol. The molecular weight excluding hydrogens is 170 g/mol. The Morgan fingerprint density at radius 1 is 1.62 bits per heavy atom. The van der Waals surface area contributed by atoms with Crippen LogP contribution in [0.15, 0.2) is 29.0 Å². The zero-order chi connectivity index (χ0) is 9.10. The second-order valence-corrected chi connectivity index (χ2v) is 2.51. The molecule has 0 radical (unpaired) electrons. The molecule has 68 valence electrons. The van der Waals surface area contributed by atoms with Crippen molar-refractivity contribution in [2.24, 2.45) is 5.84 Å². The minimum atomic E-state index is -0.256. The highest BCUT2D eigenvalue weighted by molar-refractivity contribution is 5.16. The lowest BCUT2D eigenvalue weighted by molar-refractivity contribution is 0.447. The zero-order valence-electron chi connectivity index (χ0n) is 6.77. The summed E-state index contributed by atoms with van der Waals surface area (Å²) in [5.74, 6) is 6.07. The number of nitrogens with two attached hydrogens (primary N) is 1. The average Bonchev–Trinajstić information content (AvgIpc) is 2.76. The van der Waals surface area contributed by atoms with Gasteiger partial charge >= 0.3 is 0 Å². The maximum Gasteiger partial charge on any atom is 0.128 e. The molecule has 2 rings (SSSR count). The van der Waals surface area contributed by atoms with E-state index in [0.717, 1.165) is 0 Å². The number of aromatic amines is 1. The van der Waals surface area contributed by atoms with E-state index in [9.17, 15) is 0 Å². The second-order valence-electron chi connectivity index (χ2n) is 2.51. The molecule has 0 saturated heterocycles. The number of hydrogen-bond donors (Lipinski definition) is 3. The summed E-state index contributed by atoms with van der Waals surface area (Å²) in [4.78, 5) is 0. The molecule has 2 aromatic rings. The fourth-order valence-electron chi connectivity index (χ4n) is 1.12. The Kier molecular flexibility index (Phi) is 2.07. The molecule has 2 heterocycles. The predicted octanol–water partition coefficient (Wildman–Crippen LogP) is -0.0496. The Morgan fingerprint density at radius 2 is 2.54 bits per heavy atom. The smallest absolute Gasteiger partial charge is 0.128 e. The van der Waals surface area contributed by atoms with Crippen molar-refractivity contribution in [2.75, 3.05) is 0 Å². The van der Waals surface area contributed by atoms with Gasteiger partial charge in [0, 0.05) is 0 Å². The molecule has 1 unspecified atom stereocenters. The van der Waals surface area contributed by atoms with Gasteiger partial charge in [-0.25, -0.2) is 5.43 Å². The summed E-state index contributed by atoms with van der Waals surface area (Å²) in [7, 11) is 0. The third-order valence-corrected chi connectivity index (χ3v) is 1.72. The SMILES string of the molecule is NNC(c1cn[nH]n1)c1ccco1. The first-order valence-corrected chi connectivity index (χ1v) is 3.77. The fourth-order valence-corrected chi connectivity index (χ4v) is 1.12. The Balaban J connectivity index is 2.29. The van der Waals surface area contributed by atoms with E-state index in [2.05, 4.69) is 20.8 Å². The number of hydrazine groups is 1. The molecule has 0 amide bonds. The van der Waals surface area contributed by atoms with Crippen molar-refractivity contribution in [3.63, 3.8) is 0 Å². The third kappa shape index (κ3) is 1.44. The van der Waals surface area contributed by atoms with E-state index in [-0.39, 0.29) is 6.04 Å². The van der Waals surface area contributed by atoms with Crippen LogP contribution in [0, 0.1) is 0 Å². The van der Waals surface area contributed by atoms with E-state index in [1.54, 1.807) is 18.5 Å². The summed E-state index contributed by atoms with van der Waals surface area (Å²) in [5.41, 5.74) is 3.28. The van der Waals surface area contributed by atoms with Crippen LogP contribution in [0.1, 0.15) is 17.5 Å². The average molecular weight is 179 g/mol. The van der Waals surface area contributed by atoms with Gasteiger partial charge in [-0.3, -0.25) is 5.84 Å². The van der Waals surface area contributed by atoms with Crippen LogP contribution >= 0.6 is 0 Å². The van der Waals surface area contributed by atoms with Gasteiger partial charge in [-0.05, 0) is 12.1 Å². The summed E-state index contributed by atoms with van der Waals surface area (Å²) in [6, 6.07) is 3.35. The molecule has 0 aromatic carbocycles. The van der Waals surface area contributed by atoms with Gasteiger partial charge in [-0.15, -0.1) is 0 Å². The maximum atomic E-state index is 5.36. The van der Waals surface area contributed by atoms with Crippen molar-refractivity contribution in [2.45, 2.75) is 6.04 Å². The molecule has 6 nitrogen and oxygen atoms in total. The number of hydrogen-bond acceptors (Lipinski definition) is 5. The van der Waals surface area contributed by atoms with Crippen LogP contribution in [0.4, 0.5) is 0 Å². The topological polar surface area (TPSA) is 92.8 Å². The van der Waals surface area contributed by atoms with Gasteiger partial charge in [-0.2, -0.15) is 15.4 Å². The number of rotatable bonds is 3. The van der Waals surface area contributed by atoms with Gasteiger partial charge in [0.1, 0.15) is 17.5 Å². The highest BCUT2D eigenvalue weighted by Crippen LogP contribution is 2.18. The molecule has 1 atom stereocenters. The number of nitrogens with one attached hydrogen (secondary N) is 2. The van der Waals surface area contributed by atoms with Crippen LogP contribution in [-0.4, -0.2) is 15.4 Å². The Bertz CT molecular complexity index is 307. The third-order valence-electron chi connectivity index (χ3n) is 1.72. The Morgan fingerprint density at radius 3 is 3.08 bits per heavy atom. The molecule has 0 aliphatic rings. The van der Waals surface area contributed by atoms with Gasteiger partial charge in [0.05, 0.1) is 12.5 Å². The normalized spacial score (nSPS) is 13.0. The van der Waals surface area contributed by atoms with Crippen LogP contribution in [0.25, 0.3) is 0 Å². The molecule has 2 aromatic heterocycles. The quantitative estimate of drug-likeness (QED) is 0.453. The predicted molar refractivity (Wildman–Crippen MR) is 44.3 cm³/mol. The van der Waals surface area contributed by atoms with Crippen LogP contribution in [-0.2, 0) is 0 Å². The van der Waals surface area contributed by atoms with E-state index in [1.807, 2.05) is 6.07 Å². The summed E-state index contributed by atoms with van der Waals surface area (Å²) < 4.78 is 5.19. The van der Waals surface area contributed by atoms with Crippen molar-refractivity contribution >= 4 is 0 Å². The lowest BCUT2D eigenvalue weighted by Crippen LogP contribution is -2.28. The molecule has 0 aliphatic heterocycles. The van der Waals surface area contributed by atoms with Crippen molar-refractivity contribution < 1.29 is 4.42 Å².